The number of hydrogen-bond acceptors (Lipinski definition) is 5. The zero-order valence-corrected chi connectivity index (χ0v) is 17.6. The molecule has 2 aromatic carbocycles. The smallest absolute Gasteiger partial charge is 0.343 e. The van der Waals surface area contributed by atoms with Crippen LogP contribution < -0.4 is 9.47 Å². The van der Waals surface area contributed by atoms with E-state index < -0.39 is 0 Å². The first kappa shape index (κ1) is 23.2. The molecule has 0 N–H and O–H groups in total. The summed E-state index contributed by atoms with van der Waals surface area (Å²) in [4.78, 5) is 23.1. The second-order valence-electron chi connectivity index (χ2n) is 6.90. The van der Waals surface area contributed by atoms with E-state index in [1.165, 1.54) is 11.6 Å². The number of ether oxygens (including phenoxy) is 3. The fourth-order valence-electron chi connectivity index (χ4n) is 2.80. The van der Waals surface area contributed by atoms with Gasteiger partial charge in [-0.3, -0.25) is 0 Å². The Morgan fingerprint density at radius 2 is 1.43 bits per heavy atom. The quantitative estimate of drug-likeness (QED) is 0.188. The first-order chi connectivity index (χ1) is 14.6. The predicted molar refractivity (Wildman–Crippen MR) is 117 cm³/mol. The van der Waals surface area contributed by atoms with Crippen LogP contribution in [0.5, 0.6) is 11.5 Å². The number of rotatable bonds is 13. The first-order valence-corrected chi connectivity index (χ1v) is 10.5. The van der Waals surface area contributed by atoms with E-state index in [1.54, 1.807) is 24.3 Å². The summed E-state index contributed by atoms with van der Waals surface area (Å²) >= 11 is 0. The lowest BCUT2D eigenvalue weighted by atomic mass is 10.1. The van der Waals surface area contributed by atoms with Crippen LogP contribution in [0.1, 0.15) is 54.9 Å². The Bertz CT molecular complexity index is 793. The number of esters is 2. The van der Waals surface area contributed by atoms with E-state index in [0.717, 1.165) is 44.3 Å². The number of hydrogen-bond donors (Lipinski definition) is 0. The van der Waals surface area contributed by atoms with Crippen LogP contribution in [-0.2, 0) is 16.0 Å². The molecule has 2 rings (SSSR count). The molecule has 0 bridgehead atoms. The number of carbonyl (C=O) groups excluding carboxylic acids is 2. The maximum Gasteiger partial charge on any atom is 0.343 e. The monoisotopic (exact) mass is 410 g/mol. The van der Waals surface area contributed by atoms with Gasteiger partial charge in [-0.25, -0.2) is 9.59 Å². The molecule has 160 valence electrons. The van der Waals surface area contributed by atoms with Crippen LogP contribution >= 0.6 is 0 Å². The SMILES string of the molecule is C=CC(=O)OCCCCCCCOc1ccc(C(=O)Oc2ccc(CC)cc2)cc1. The number of unbranched alkanes of at least 4 members (excludes halogenated alkanes) is 4. The number of benzene rings is 2. The third-order valence-electron chi connectivity index (χ3n) is 4.60. The normalized spacial score (nSPS) is 10.3. The fourth-order valence-corrected chi connectivity index (χ4v) is 2.80. The van der Waals surface area contributed by atoms with Gasteiger partial charge in [-0.1, -0.05) is 44.9 Å². The lowest BCUT2D eigenvalue weighted by Gasteiger charge is -2.08. The van der Waals surface area contributed by atoms with Gasteiger partial charge in [-0.05, 0) is 61.2 Å². The molecule has 0 fully saturated rings. The Hall–Kier alpha value is -3.08. The maximum absolute atomic E-state index is 12.2. The van der Waals surface area contributed by atoms with E-state index in [-0.39, 0.29) is 11.9 Å². The van der Waals surface area contributed by atoms with Crippen molar-refractivity contribution >= 4 is 11.9 Å². The highest BCUT2D eigenvalue weighted by Crippen LogP contribution is 2.17. The maximum atomic E-state index is 12.2. The third-order valence-corrected chi connectivity index (χ3v) is 4.60. The molecule has 30 heavy (non-hydrogen) atoms. The van der Waals surface area contributed by atoms with Gasteiger partial charge in [0.2, 0.25) is 0 Å². The molecule has 2 aromatic rings. The molecule has 0 radical (unpaired) electrons. The van der Waals surface area contributed by atoms with E-state index in [1.807, 2.05) is 24.3 Å². The van der Waals surface area contributed by atoms with Gasteiger partial charge < -0.3 is 14.2 Å². The van der Waals surface area contributed by atoms with Gasteiger partial charge in [0.15, 0.2) is 0 Å². The molecule has 0 atom stereocenters. The van der Waals surface area contributed by atoms with Crippen LogP contribution in [0.15, 0.2) is 61.2 Å². The van der Waals surface area contributed by atoms with Crippen molar-refractivity contribution in [2.24, 2.45) is 0 Å². The molecule has 0 heterocycles. The lowest BCUT2D eigenvalue weighted by molar-refractivity contribution is -0.137. The van der Waals surface area contributed by atoms with Crippen molar-refractivity contribution in [3.05, 3.63) is 72.3 Å². The molecule has 0 amide bonds. The van der Waals surface area contributed by atoms with Crippen molar-refractivity contribution in [2.75, 3.05) is 13.2 Å². The average molecular weight is 411 g/mol. The molecular formula is C25H30O5. The van der Waals surface area contributed by atoms with Crippen LogP contribution in [0.3, 0.4) is 0 Å². The third kappa shape index (κ3) is 8.52. The minimum Gasteiger partial charge on any atom is -0.494 e. The molecule has 0 aliphatic rings. The Kier molecular flexibility index (Phi) is 10.2. The minimum atomic E-state index is -0.385. The van der Waals surface area contributed by atoms with Gasteiger partial charge in [-0.2, -0.15) is 0 Å². The molecular weight excluding hydrogens is 380 g/mol. The molecule has 0 unspecified atom stereocenters. The molecule has 0 saturated heterocycles. The number of aryl methyl sites for hydroxylation is 1. The highest BCUT2D eigenvalue weighted by Gasteiger charge is 2.09. The van der Waals surface area contributed by atoms with E-state index in [9.17, 15) is 9.59 Å². The summed E-state index contributed by atoms with van der Waals surface area (Å²) in [6.45, 7) is 6.51. The predicted octanol–water partition coefficient (Wildman–Crippen LogP) is 5.53. The number of carbonyl (C=O) groups is 2. The summed E-state index contributed by atoms with van der Waals surface area (Å²) in [5.41, 5.74) is 1.68. The van der Waals surface area contributed by atoms with E-state index in [2.05, 4.69) is 13.5 Å². The second kappa shape index (κ2) is 13.2. The van der Waals surface area contributed by atoms with Gasteiger partial charge >= 0.3 is 11.9 Å². The zero-order valence-electron chi connectivity index (χ0n) is 17.6. The van der Waals surface area contributed by atoms with Gasteiger partial charge in [0.05, 0.1) is 18.8 Å². The van der Waals surface area contributed by atoms with Crippen molar-refractivity contribution in [3.63, 3.8) is 0 Å². The van der Waals surface area contributed by atoms with E-state index in [4.69, 9.17) is 14.2 Å². The Morgan fingerprint density at radius 3 is 2.07 bits per heavy atom. The Morgan fingerprint density at radius 1 is 0.833 bits per heavy atom. The minimum absolute atomic E-state index is 0.367. The summed E-state index contributed by atoms with van der Waals surface area (Å²) in [6, 6.07) is 14.5. The van der Waals surface area contributed by atoms with Crippen LogP contribution in [0.4, 0.5) is 0 Å². The van der Waals surface area contributed by atoms with Crippen LogP contribution in [-0.4, -0.2) is 25.2 Å². The van der Waals surface area contributed by atoms with Crippen LogP contribution in [0.2, 0.25) is 0 Å². The Balaban J connectivity index is 1.61. The molecule has 0 aliphatic heterocycles. The summed E-state index contributed by atoms with van der Waals surface area (Å²) in [5.74, 6) is 0.518. The zero-order chi connectivity index (χ0) is 21.6. The lowest BCUT2D eigenvalue weighted by Crippen LogP contribution is -2.08. The fraction of sp³-hybridized carbons (Fsp3) is 0.360. The summed E-state index contributed by atoms with van der Waals surface area (Å²) in [5, 5.41) is 0. The topological polar surface area (TPSA) is 61.8 Å². The van der Waals surface area contributed by atoms with Crippen molar-refractivity contribution < 1.29 is 23.8 Å². The van der Waals surface area contributed by atoms with Gasteiger partial charge in [0, 0.05) is 6.08 Å². The molecule has 0 saturated carbocycles. The first-order valence-electron chi connectivity index (χ1n) is 10.5. The summed E-state index contributed by atoms with van der Waals surface area (Å²) in [6.07, 6.45) is 7.07. The standard InChI is InChI=1S/C25H30O5/c1-3-20-10-14-23(15-11-20)30-25(27)21-12-16-22(17-13-21)28-18-8-6-5-7-9-19-29-24(26)4-2/h4,10-17H,2-3,5-9,18-19H2,1H3. The summed E-state index contributed by atoms with van der Waals surface area (Å²) < 4.78 is 16.1. The van der Waals surface area contributed by atoms with Crippen LogP contribution in [0, 0.1) is 0 Å². The van der Waals surface area contributed by atoms with Crippen molar-refractivity contribution in [2.45, 2.75) is 45.4 Å². The largest absolute Gasteiger partial charge is 0.494 e. The van der Waals surface area contributed by atoms with Crippen LogP contribution in [0.25, 0.3) is 0 Å². The highest BCUT2D eigenvalue weighted by molar-refractivity contribution is 5.91. The highest BCUT2D eigenvalue weighted by atomic mass is 16.5. The molecule has 0 spiro atoms. The second-order valence-corrected chi connectivity index (χ2v) is 6.90. The molecule has 0 aliphatic carbocycles. The van der Waals surface area contributed by atoms with Gasteiger partial charge in [0.1, 0.15) is 11.5 Å². The van der Waals surface area contributed by atoms with Crippen molar-refractivity contribution in [1.82, 2.24) is 0 Å². The van der Waals surface area contributed by atoms with Gasteiger partial charge in [0.25, 0.3) is 0 Å². The average Bonchev–Trinajstić information content (AvgIpc) is 2.78. The molecule has 0 aromatic heterocycles. The Labute approximate surface area is 178 Å². The van der Waals surface area contributed by atoms with Gasteiger partial charge in [-0.15, -0.1) is 0 Å². The molecule has 5 heteroatoms. The molecule has 5 nitrogen and oxygen atoms in total. The van der Waals surface area contributed by atoms with Crippen molar-refractivity contribution in [3.8, 4) is 11.5 Å². The summed E-state index contributed by atoms with van der Waals surface area (Å²) in [7, 11) is 0. The van der Waals surface area contributed by atoms with E-state index >= 15 is 0 Å². The van der Waals surface area contributed by atoms with Crippen molar-refractivity contribution in [1.29, 1.82) is 0 Å². The van der Waals surface area contributed by atoms with E-state index in [0.29, 0.717) is 24.5 Å².